The van der Waals surface area contributed by atoms with E-state index in [1.165, 1.54) is 36.4 Å². The standard InChI is InChI=1S/C31H25F2NO3.H2S/c32-24-10-6-22(7-11-24)29(35)19-18-28-30(34(31(28)36)26-14-12-25(33)13-15-26)23-8-16-27(17-9-23)37-20-21-4-2-1-3-5-21;/h1-17,28,30H,18-20H2;1H2/t28-,30-;/m1./s1. The highest BCUT2D eigenvalue weighted by Gasteiger charge is 2.48. The van der Waals surface area contributed by atoms with Gasteiger partial charge in [-0.15, -0.1) is 0 Å². The molecule has 0 spiro atoms. The van der Waals surface area contributed by atoms with E-state index in [0.717, 1.165) is 11.1 Å². The minimum atomic E-state index is -0.412. The van der Waals surface area contributed by atoms with Crippen LogP contribution in [0, 0.1) is 17.6 Å². The third-order valence-corrected chi connectivity index (χ3v) is 6.64. The van der Waals surface area contributed by atoms with Gasteiger partial charge in [0.1, 0.15) is 24.0 Å². The average Bonchev–Trinajstić information content (AvgIpc) is 2.93. The number of halogens is 2. The highest BCUT2D eigenvalue weighted by Crippen LogP contribution is 2.46. The van der Waals surface area contributed by atoms with Gasteiger partial charge in [0.15, 0.2) is 5.78 Å². The van der Waals surface area contributed by atoms with Crippen molar-refractivity contribution in [1.82, 2.24) is 0 Å². The molecule has 1 saturated heterocycles. The molecule has 0 bridgehead atoms. The number of carbonyl (C=O) groups excluding carboxylic acids is 2. The molecule has 0 unspecified atom stereocenters. The fourth-order valence-corrected chi connectivity index (χ4v) is 4.67. The Kier molecular flexibility index (Phi) is 8.59. The van der Waals surface area contributed by atoms with Crippen molar-refractivity contribution in [3.8, 4) is 5.75 Å². The fourth-order valence-electron chi connectivity index (χ4n) is 4.67. The topological polar surface area (TPSA) is 46.6 Å². The lowest BCUT2D eigenvalue weighted by atomic mass is 9.78. The van der Waals surface area contributed by atoms with Crippen LogP contribution in [0.4, 0.5) is 14.5 Å². The first-order valence-corrected chi connectivity index (χ1v) is 12.1. The summed E-state index contributed by atoms with van der Waals surface area (Å²) in [4.78, 5) is 27.5. The van der Waals surface area contributed by atoms with Crippen molar-refractivity contribution in [1.29, 1.82) is 0 Å². The van der Waals surface area contributed by atoms with E-state index in [1.807, 2.05) is 54.6 Å². The van der Waals surface area contributed by atoms with Crippen molar-refractivity contribution >= 4 is 30.9 Å². The molecular weight excluding hydrogens is 504 g/mol. The van der Waals surface area contributed by atoms with Crippen LogP contribution in [0.1, 0.15) is 40.4 Å². The predicted octanol–water partition coefficient (Wildman–Crippen LogP) is 7.02. The number of benzene rings is 4. The zero-order valence-electron chi connectivity index (χ0n) is 20.5. The minimum absolute atomic E-state index is 0. The summed E-state index contributed by atoms with van der Waals surface area (Å²) in [6.07, 6.45) is 0.512. The van der Waals surface area contributed by atoms with E-state index < -0.39 is 11.7 Å². The van der Waals surface area contributed by atoms with Crippen LogP contribution in [-0.2, 0) is 11.4 Å². The van der Waals surface area contributed by atoms with Crippen molar-refractivity contribution in [2.24, 2.45) is 5.92 Å². The summed E-state index contributed by atoms with van der Waals surface area (Å²) in [6, 6.07) is 28.3. The summed E-state index contributed by atoms with van der Waals surface area (Å²) in [7, 11) is 0. The first-order chi connectivity index (χ1) is 18.0. The molecule has 0 radical (unpaired) electrons. The number of amides is 1. The normalized spacial score (nSPS) is 16.4. The highest BCUT2D eigenvalue weighted by atomic mass is 32.1. The Balaban J connectivity index is 0.00000336. The largest absolute Gasteiger partial charge is 0.489 e. The molecule has 0 saturated carbocycles. The molecule has 4 aromatic carbocycles. The molecule has 0 aromatic heterocycles. The second-order valence-corrected chi connectivity index (χ2v) is 9.05. The summed E-state index contributed by atoms with van der Waals surface area (Å²) in [5.41, 5.74) is 2.97. The number of nitrogens with zero attached hydrogens (tertiary/aromatic N) is 1. The van der Waals surface area contributed by atoms with Gasteiger partial charge in [-0.1, -0.05) is 42.5 Å². The first kappa shape index (κ1) is 27.1. The fraction of sp³-hybridized carbons (Fsp3) is 0.161. The van der Waals surface area contributed by atoms with Crippen molar-refractivity contribution in [2.75, 3.05) is 4.90 Å². The Bertz CT molecular complexity index is 1380. The van der Waals surface area contributed by atoms with Gasteiger partial charge in [-0.05, 0) is 78.2 Å². The lowest BCUT2D eigenvalue weighted by molar-refractivity contribution is -0.130. The molecule has 5 rings (SSSR count). The van der Waals surface area contributed by atoms with Crippen LogP contribution in [0.15, 0.2) is 103 Å². The van der Waals surface area contributed by atoms with Crippen molar-refractivity contribution in [3.05, 3.63) is 131 Å². The molecule has 38 heavy (non-hydrogen) atoms. The van der Waals surface area contributed by atoms with Crippen LogP contribution in [0.3, 0.4) is 0 Å². The number of carbonyl (C=O) groups is 2. The van der Waals surface area contributed by atoms with Crippen molar-refractivity contribution < 1.29 is 23.1 Å². The Morgan fingerprint density at radius 2 is 1.39 bits per heavy atom. The quantitative estimate of drug-likeness (QED) is 0.172. The molecule has 7 heteroatoms. The van der Waals surface area contributed by atoms with Crippen LogP contribution in [0.25, 0.3) is 0 Å². The molecule has 1 heterocycles. The lowest BCUT2D eigenvalue weighted by Crippen LogP contribution is -2.55. The zero-order chi connectivity index (χ0) is 25.8. The van der Waals surface area contributed by atoms with Gasteiger partial charge in [0, 0.05) is 17.7 Å². The van der Waals surface area contributed by atoms with Gasteiger partial charge >= 0.3 is 0 Å². The summed E-state index contributed by atoms with van der Waals surface area (Å²) >= 11 is 0. The van der Waals surface area contributed by atoms with Gasteiger partial charge in [-0.25, -0.2) is 8.78 Å². The van der Waals surface area contributed by atoms with E-state index >= 15 is 0 Å². The molecule has 4 aromatic rings. The highest BCUT2D eigenvalue weighted by molar-refractivity contribution is 7.59. The van der Waals surface area contributed by atoms with Gasteiger partial charge in [-0.2, -0.15) is 13.5 Å². The second-order valence-electron chi connectivity index (χ2n) is 9.05. The van der Waals surface area contributed by atoms with Crippen LogP contribution in [0.5, 0.6) is 5.75 Å². The molecule has 1 aliphatic rings. The number of Topliss-reactive ketones (excluding diaryl/α,β-unsaturated/α-hetero) is 1. The molecule has 1 amide bonds. The zero-order valence-corrected chi connectivity index (χ0v) is 21.5. The monoisotopic (exact) mass is 531 g/mol. The third-order valence-electron chi connectivity index (χ3n) is 6.64. The average molecular weight is 532 g/mol. The molecule has 4 nitrogen and oxygen atoms in total. The van der Waals surface area contributed by atoms with Crippen LogP contribution < -0.4 is 9.64 Å². The number of hydrogen-bond acceptors (Lipinski definition) is 3. The Morgan fingerprint density at radius 3 is 2.03 bits per heavy atom. The predicted molar refractivity (Wildman–Crippen MR) is 148 cm³/mol. The summed E-state index contributed by atoms with van der Waals surface area (Å²) in [5.74, 6) is -0.754. The number of hydrogen-bond donors (Lipinski definition) is 0. The van der Waals surface area contributed by atoms with E-state index in [1.54, 1.807) is 17.0 Å². The smallest absolute Gasteiger partial charge is 0.233 e. The van der Waals surface area contributed by atoms with Crippen LogP contribution in [-0.4, -0.2) is 11.7 Å². The maximum absolute atomic E-state index is 13.5. The molecular formula is C31H27F2NO3S. The molecule has 194 valence electrons. The van der Waals surface area contributed by atoms with Crippen LogP contribution in [0.2, 0.25) is 0 Å². The van der Waals surface area contributed by atoms with Gasteiger partial charge < -0.3 is 9.64 Å². The second kappa shape index (κ2) is 12.0. The Hall–Kier alpha value is -3.97. The Labute approximate surface area is 227 Å². The Morgan fingerprint density at radius 1 is 0.789 bits per heavy atom. The number of anilines is 1. The van der Waals surface area contributed by atoms with Gasteiger partial charge in [-0.3, -0.25) is 9.59 Å². The van der Waals surface area contributed by atoms with E-state index in [2.05, 4.69) is 0 Å². The van der Waals surface area contributed by atoms with Gasteiger partial charge in [0.2, 0.25) is 5.91 Å². The molecule has 2 atom stereocenters. The molecule has 0 N–H and O–H groups in total. The van der Waals surface area contributed by atoms with Crippen molar-refractivity contribution in [2.45, 2.75) is 25.5 Å². The number of rotatable bonds is 9. The maximum atomic E-state index is 13.5. The SMILES string of the molecule is O=C(CC[C@H]1C(=O)N(c2ccc(F)cc2)[C@@H]1c1ccc(OCc2ccccc2)cc1)c1ccc(F)cc1.S. The summed E-state index contributed by atoms with van der Waals surface area (Å²) in [5, 5.41) is 0. The van der Waals surface area contributed by atoms with E-state index in [0.29, 0.717) is 30.0 Å². The first-order valence-electron chi connectivity index (χ1n) is 12.1. The van der Waals surface area contributed by atoms with E-state index in [9.17, 15) is 18.4 Å². The van der Waals surface area contributed by atoms with Crippen molar-refractivity contribution in [3.63, 3.8) is 0 Å². The van der Waals surface area contributed by atoms with E-state index in [4.69, 9.17) is 4.74 Å². The molecule has 1 fully saturated rings. The molecule has 1 aliphatic heterocycles. The minimum Gasteiger partial charge on any atom is -0.489 e. The van der Waals surface area contributed by atoms with Crippen LogP contribution >= 0.6 is 13.5 Å². The summed E-state index contributed by atoms with van der Waals surface area (Å²) in [6.45, 7) is 0.442. The van der Waals surface area contributed by atoms with Gasteiger partial charge in [0.25, 0.3) is 0 Å². The lowest BCUT2D eigenvalue weighted by Gasteiger charge is -2.47. The molecule has 0 aliphatic carbocycles. The van der Waals surface area contributed by atoms with Gasteiger partial charge in [0.05, 0.1) is 12.0 Å². The van der Waals surface area contributed by atoms with E-state index in [-0.39, 0.29) is 43.5 Å². The number of ketones is 1. The summed E-state index contributed by atoms with van der Waals surface area (Å²) < 4.78 is 32.6. The number of ether oxygens (including phenoxy) is 1. The maximum Gasteiger partial charge on any atom is 0.233 e. The third kappa shape index (κ3) is 5.94. The number of β-lactam (4-membered cyclic amide) rings is 1.